The average Bonchev–Trinajstić information content (AvgIpc) is 3.56. The minimum atomic E-state index is -0.0969. The SMILES string of the molecule is CN(C)C(=O)c1ccc(Nc2cc3c(cn2)c(Cl)c(-c2cnn(C)c2)n3CC2CCCC2)c(Cl)c1. The summed E-state index contributed by atoms with van der Waals surface area (Å²) in [4.78, 5) is 18.4. The van der Waals surface area contributed by atoms with Gasteiger partial charge in [0.15, 0.2) is 0 Å². The van der Waals surface area contributed by atoms with Crippen LogP contribution in [0.1, 0.15) is 36.0 Å². The predicted octanol–water partition coefficient (Wildman–Crippen LogP) is 6.38. The number of pyridine rings is 1. The van der Waals surface area contributed by atoms with Crippen LogP contribution in [0.4, 0.5) is 11.5 Å². The fraction of sp³-hybridized carbons (Fsp3) is 0.346. The van der Waals surface area contributed by atoms with Crippen LogP contribution in [0.15, 0.2) is 42.9 Å². The lowest BCUT2D eigenvalue weighted by Gasteiger charge is -2.16. The molecule has 7 nitrogen and oxygen atoms in total. The van der Waals surface area contributed by atoms with Crippen molar-refractivity contribution in [2.45, 2.75) is 32.2 Å². The van der Waals surface area contributed by atoms with Crippen LogP contribution < -0.4 is 5.32 Å². The highest BCUT2D eigenvalue weighted by molar-refractivity contribution is 6.38. The summed E-state index contributed by atoms with van der Waals surface area (Å²) in [5, 5.41) is 9.73. The quantitative estimate of drug-likeness (QED) is 0.326. The number of rotatable bonds is 6. The summed E-state index contributed by atoms with van der Waals surface area (Å²) in [6.07, 6.45) is 10.7. The van der Waals surface area contributed by atoms with E-state index in [9.17, 15) is 4.79 Å². The second kappa shape index (κ2) is 9.55. The lowest BCUT2D eigenvalue weighted by Crippen LogP contribution is -2.21. The molecule has 0 aliphatic heterocycles. The Kier molecular flexibility index (Phi) is 6.47. The normalized spacial score (nSPS) is 14.1. The summed E-state index contributed by atoms with van der Waals surface area (Å²) in [6, 6.07) is 7.25. The van der Waals surface area contributed by atoms with Crippen LogP contribution in [-0.4, -0.2) is 44.2 Å². The van der Waals surface area contributed by atoms with Crippen molar-refractivity contribution in [2.75, 3.05) is 19.4 Å². The van der Waals surface area contributed by atoms with Gasteiger partial charge in [-0.25, -0.2) is 4.98 Å². The number of aryl methyl sites for hydroxylation is 1. The Hall–Kier alpha value is -3.03. The van der Waals surface area contributed by atoms with E-state index in [1.54, 1.807) is 37.0 Å². The Bertz CT molecular complexity index is 1400. The minimum Gasteiger partial charge on any atom is -0.345 e. The molecule has 1 N–H and O–H groups in total. The molecule has 35 heavy (non-hydrogen) atoms. The lowest BCUT2D eigenvalue weighted by atomic mass is 10.1. The lowest BCUT2D eigenvalue weighted by molar-refractivity contribution is 0.0827. The number of nitrogens with one attached hydrogen (secondary N) is 1. The van der Waals surface area contributed by atoms with Gasteiger partial charge in [-0.15, -0.1) is 0 Å². The Morgan fingerprint density at radius 1 is 1.17 bits per heavy atom. The zero-order valence-electron chi connectivity index (χ0n) is 20.1. The highest BCUT2D eigenvalue weighted by atomic mass is 35.5. The summed E-state index contributed by atoms with van der Waals surface area (Å²) in [5.41, 5.74) is 4.21. The molecule has 5 rings (SSSR count). The highest BCUT2D eigenvalue weighted by Gasteiger charge is 2.23. The number of amides is 1. The van der Waals surface area contributed by atoms with Gasteiger partial charge in [-0.3, -0.25) is 9.48 Å². The first-order chi connectivity index (χ1) is 16.8. The van der Waals surface area contributed by atoms with Gasteiger partial charge < -0.3 is 14.8 Å². The van der Waals surface area contributed by atoms with E-state index in [2.05, 4.69) is 20.0 Å². The second-order valence-corrected chi connectivity index (χ2v) is 10.2. The first-order valence-corrected chi connectivity index (χ1v) is 12.5. The number of nitrogens with zero attached hydrogens (tertiary/aromatic N) is 5. The number of halogens is 2. The monoisotopic (exact) mass is 510 g/mol. The maximum Gasteiger partial charge on any atom is 0.253 e. The average molecular weight is 511 g/mol. The zero-order chi connectivity index (χ0) is 24.7. The van der Waals surface area contributed by atoms with Crippen LogP contribution in [0.3, 0.4) is 0 Å². The maximum absolute atomic E-state index is 12.3. The molecule has 0 atom stereocenters. The summed E-state index contributed by atoms with van der Waals surface area (Å²) in [5.74, 6) is 1.18. The van der Waals surface area contributed by atoms with E-state index in [0.29, 0.717) is 33.0 Å². The van der Waals surface area contributed by atoms with Gasteiger partial charge in [-0.1, -0.05) is 36.0 Å². The van der Waals surface area contributed by atoms with Gasteiger partial charge in [0, 0.05) is 62.7 Å². The molecule has 0 unspecified atom stereocenters. The zero-order valence-corrected chi connectivity index (χ0v) is 21.6. The Morgan fingerprint density at radius 3 is 2.60 bits per heavy atom. The molecule has 1 fully saturated rings. The number of aromatic nitrogens is 4. The van der Waals surface area contributed by atoms with Gasteiger partial charge in [0.2, 0.25) is 0 Å². The molecule has 1 saturated carbocycles. The largest absolute Gasteiger partial charge is 0.345 e. The first kappa shape index (κ1) is 23.7. The van der Waals surface area contributed by atoms with Gasteiger partial charge in [-0.05, 0) is 37.0 Å². The van der Waals surface area contributed by atoms with Crippen molar-refractivity contribution < 1.29 is 4.79 Å². The third kappa shape index (κ3) is 4.62. The molecular weight excluding hydrogens is 483 g/mol. The number of carbonyl (C=O) groups excluding carboxylic acids is 1. The number of benzene rings is 1. The summed E-state index contributed by atoms with van der Waals surface area (Å²) < 4.78 is 4.11. The van der Waals surface area contributed by atoms with E-state index in [1.807, 2.05) is 31.7 Å². The number of anilines is 2. The van der Waals surface area contributed by atoms with Crippen LogP contribution in [-0.2, 0) is 13.6 Å². The Labute approximate surface area is 214 Å². The fourth-order valence-electron chi connectivity index (χ4n) is 4.88. The molecule has 0 spiro atoms. The molecule has 1 amide bonds. The molecule has 4 aromatic rings. The topological polar surface area (TPSA) is 68.0 Å². The molecule has 182 valence electrons. The van der Waals surface area contributed by atoms with Gasteiger partial charge in [-0.2, -0.15) is 5.10 Å². The van der Waals surface area contributed by atoms with Crippen LogP contribution in [0.25, 0.3) is 22.2 Å². The summed E-state index contributed by atoms with van der Waals surface area (Å²) >= 11 is 13.4. The molecule has 0 saturated heterocycles. The van der Waals surface area contributed by atoms with Gasteiger partial charge in [0.25, 0.3) is 5.91 Å². The van der Waals surface area contributed by atoms with E-state index in [1.165, 1.54) is 30.6 Å². The molecule has 1 aliphatic carbocycles. The van der Waals surface area contributed by atoms with Crippen molar-refractivity contribution in [3.8, 4) is 11.3 Å². The van der Waals surface area contributed by atoms with Crippen LogP contribution in [0.5, 0.6) is 0 Å². The van der Waals surface area contributed by atoms with E-state index in [-0.39, 0.29) is 5.91 Å². The molecule has 3 aromatic heterocycles. The number of hydrogen-bond donors (Lipinski definition) is 1. The molecular formula is C26H28Cl2N6O. The van der Waals surface area contributed by atoms with E-state index < -0.39 is 0 Å². The van der Waals surface area contributed by atoms with Crippen molar-refractivity contribution in [3.05, 3.63) is 58.5 Å². The van der Waals surface area contributed by atoms with Crippen molar-refractivity contribution >= 4 is 51.5 Å². The number of fused-ring (bicyclic) bond motifs is 1. The molecule has 0 radical (unpaired) electrons. The minimum absolute atomic E-state index is 0.0969. The summed E-state index contributed by atoms with van der Waals surface area (Å²) in [6.45, 7) is 0.902. The Morgan fingerprint density at radius 2 is 1.94 bits per heavy atom. The first-order valence-electron chi connectivity index (χ1n) is 11.8. The van der Waals surface area contributed by atoms with Crippen molar-refractivity contribution in [3.63, 3.8) is 0 Å². The molecule has 9 heteroatoms. The third-order valence-corrected chi connectivity index (χ3v) is 7.36. The molecule has 3 heterocycles. The van der Waals surface area contributed by atoms with Crippen molar-refractivity contribution in [1.29, 1.82) is 0 Å². The van der Waals surface area contributed by atoms with Crippen molar-refractivity contribution in [2.24, 2.45) is 13.0 Å². The predicted molar refractivity (Wildman–Crippen MR) is 142 cm³/mol. The molecule has 1 aliphatic rings. The molecule has 0 bridgehead atoms. The van der Waals surface area contributed by atoms with Gasteiger partial charge in [0.1, 0.15) is 5.82 Å². The fourth-order valence-corrected chi connectivity index (χ4v) is 5.47. The summed E-state index contributed by atoms with van der Waals surface area (Å²) in [7, 11) is 5.34. The third-order valence-electron chi connectivity index (χ3n) is 6.67. The standard InChI is InChI=1S/C26H28Cl2N6O/c1-32(2)26(35)17-8-9-21(20(27)10-17)31-23-11-22-19(13-29-23)24(28)25(18-12-30-33(3)15-18)34(22)14-16-6-4-5-7-16/h8-13,15-16H,4-7,14H2,1-3H3,(H,29,31). The number of hydrogen-bond acceptors (Lipinski definition) is 4. The van der Waals surface area contributed by atoms with Crippen molar-refractivity contribution in [1.82, 2.24) is 24.2 Å². The van der Waals surface area contributed by atoms with E-state index in [0.717, 1.165) is 28.7 Å². The second-order valence-electron chi connectivity index (χ2n) is 9.43. The smallest absolute Gasteiger partial charge is 0.253 e. The highest BCUT2D eigenvalue weighted by Crippen LogP contribution is 2.40. The Balaban J connectivity index is 1.54. The van der Waals surface area contributed by atoms with Crippen LogP contribution in [0, 0.1) is 5.92 Å². The van der Waals surface area contributed by atoms with E-state index in [4.69, 9.17) is 23.2 Å². The van der Waals surface area contributed by atoms with Crippen LogP contribution in [0.2, 0.25) is 10.0 Å². The van der Waals surface area contributed by atoms with Crippen LogP contribution >= 0.6 is 23.2 Å². The molecule has 1 aromatic carbocycles. The maximum atomic E-state index is 12.3. The van der Waals surface area contributed by atoms with Gasteiger partial charge in [0.05, 0.1) is 33.1 Å². The number of carbonyl (C=O) groups is 1. The van der Waals surface area contributed by atoms with E-state index >= 15 is 0 Å². The van der Waals surface area contributed by atoms with Gasteiger partial charge >= 0.3 is 0 Å².